The summed E-state index contributed by atoms with van der Waals surface area (Å²) in [4.78, 5) is 17.3. The zero-order chi connectivity index (χ0) is 17.1. The Balaban J connectivity index is 1.24. The zero-order valence-corrected chi connectivity index (χ0v) is 16.0. The molecule has 3 aliphatic rings. The topological polar surface area (TPSA) is 52.2 Å². The van der Waals surface area contributed by atoms with Crippen LogP contribution in [-0.4, -0.2) is 69.6 Å². The summed E-state index contributed by atoms with van der Waals surface area (Å²) in [7, 11) is 0. The number of aromatic amines is 1. The van der Waals surface area contributed by atoms with E-state index in [1.807, 2.05) is 0 Å². The molecule has 1 N–H and O–H groups in total. The number of aryl methyl sites for hydroxylation is 2. The van der Waals surface area contributed by atoms with E-state index >= 15 is 0 Å². The molecular formula is C19H30N4OS. The number of rotatable bonds is 4. The quantitative estimate of drug-likeness (QED) is 0.893. The Labute approximate surface area is 154 Å². The Morgan fingerprint density at radius 1 is 1.12 bits per heavy atom. The average molecular weight is 363 g/mol. The number of carbonyl (C=O) groups is 1. The van der Waals surface area contributed by atoms with E-state index in [0.717, 1.165) is 57.2 Å². The van der Waals surface area contributed by atoms with Gasteiger partial charge in [0.05, 0.1) is 5.69 Å². The molecule has 0 bridgehead atoms. The third-order valence-electron chi connectivity index (χ3n) is 6.09. The number of aromatic nitrogens is 2. The largest absolute Gasteiger partial charge is 0.340 e. The van der Waals surface area contributed by atoms with Crippen LogP contribution in [0.4, 0.5) is 0 Å². The number of hydrogen-bond acceptors (Lipinski definition) is 4. The standard InChI is InChI=1S/C19H30N4OS/c24-19(6-5-18-16-3-1-2-4-17(16)20-21-18)23-11-9-22(10-12-23)15-7-13-25-14-8-15/h15H,1-14H2,(H,20,21). The second-order valence-corrected chi connectivity index (χ2v) is 8.82. The minimum atomic E-state index is 0.311. The van der Waals surface area contributed by atoms with Gasteiger partial charge in [0.1, 0.15) is 0 Å². The molecule has 0 spiro atoms. The van der Waals surface area contributed by atoms with E-state index in [2.05, 4.69) is 31.8 Å². The van der Waals surface area contributed by atoms with Gasteiger partial charge in [-0.15, -0.1) is 0 Å². The van der Waals surface area contributed by atoms with Crippen LogP contribution in [0.3, 0.4) is 0 Å². The van der Waals surface area contributed by atoms with Crippen molar-refractivity contribution in [3.05, 3.63) is 17.0 Å². The van der Waals surface area contributed by atoms with Crippen LogP contribution in [0.2, 0.25) is 0 Å². The Bertz CT molecular complexity index is 588. The highest BCUT2D eigenvalue weighted by Gasteiger charge is 2.27. The molecule has 0 atom stereocenters. The van der Waals surface area contributed by atoms with Crippen molar-refractivity contribution < 1.29 is 4.79 Å². The fourth-order valence-electron chi connectivity index (χ4n) is 4.53. The maximum atomic E-state index is 12.6. The summed E-state index contributed by atoms with van der Waals surface area (Å²) in [5.41, 5.74) is 3.85. The van der Waals surface area contributed by atoms with Crippen molar-refractivity contribution in [3.63, 3.8) is 0 Å². The third kappa shape index (κ3) is 4.05. The van der Waals surface area contributed by atoms with Crippen LogP contribution in [0, 0.1) is 0 Å². The van der Waals surface area contributed by atoms with Gasteiger partial charge in [-0.1, -0.05) is 0 Å². The molecule has 2 fully saturated rings. The molecule has 25 heavy (non-hydrogen) atoms. The monoisotopic (exact) mass is 362 g/mol. The van der Waals surface area contributed by atoms with E-state index in [-0.39, 0.29) is 0 Å². The number of nitrogens with one attached hydrogen (secondary N) is 1. The van der Waals surface area contributed by atoms with E-state index in [9.17, 15) is 4.79 Å². The molecule has 2 saturated heterocycles. The van der Waals surface area contributed by atoms with Gasteiger partial charge in [0, 0.05) is 50.8 Å². The first kappa shape index (κ1) is 17.4. The number of carbonyl (C=O) groups excluding carboxylic acids is 1. The number of piperazine rings is 1. The summed E-state index contributed by atoms with van der Waals surface area (Å²) in [6.45, 7) is 3.92. The van der Waals surface area contributed by atoms with Gasteiger partial charge in [0.2, 0.25) is 5.91 Å². The maximum Gasteiger partial charge on any atom is 0.223 e. The summed E-state index contributed by atoms with van der Waals surface area (Å²) in [6.07, 6.45) is 8.83. The van der Waals surface area contributed by atoms with E-state index in [4.69, 9.17) is 0 Å². The van der Waals surface area contributed by atoms with E-state index in [0.29, 0.717) is 12.3 Å². The first-order valence-corrected chi connectivity index (χ1v) is 11.1. The molecule has 0 radical (unpaired) electrons. The molecule has 1 aromatic heterocycles. The van der Waals surface area contributed by atoms with Gasteiger partial charge in [-0.05, 0) is 55.6 Å². The number of H-pyrrole nitrogens is 1. The Morgan fingerprint density at radius 3 is 2.68 bits per heavy atom. The van der Waals surface area contributed by atoms with Crippen LogP contribution in [-0.2, 0) is 24.1 Å². The van der Waals surface area contributed by atoms with Gasteiger partial charge in [-0.2, -0.15) is 16.9 Å². The lowest BCUT2D eigenvalue weighted by atomic mass is 9.94. The fraction of sp³-hybridized carbons (Fsp3) is 0.789. The van der Waals surface area contributed by atoms with Gasteiger partial charge in [-0.25, -0.2) is 0 Å². The van der Waals surface area contributed by atoms with Crippen molar-refractivity contribution in [2.45, 2.75) is 57.4 Å². The van der Waals surface area contributed by atoms with Crippen LogP contribution < -0.4 is 0 Å². The summed E-state index contributed by atoms with van der Waals surface area (Å²) in [6, 6.07) is 0.758. The van der Waals surface area contributed by atoms with Gasteiger partial charge in [0.15, 0.2) is 0 Å². The summed E-state index contributed by atoms with van der Waals surface area (Å²) in [5, 5.41) is 7.67. The third-order valence-corrected chi connectivity index (χ3v) is 7.14. The molecular weight excluding hydrogens is 332 g/mol. The molecule has 0 saturated carbocycles. The molecule has 4 rings (SSSR count). The summed E-state index contributed by atoms with van der Waals surface area (Å²) < 4.78 is 0. The lowest BCUT2D eigenvalue weighted by Gasteiger charge is -2.40. The fourth-order valence-corrected chi connectivity index (χ4v) is 5.61. The van der Waals surface area contributed by atoms with Crippen LogP contribution in [0.15, 0.2) is 0 Å². The molecule has 1 aliphatic carbocycles. The number of fused-ring (bicyclic) bond motifs is 1. The van der Waals surface area contributed by atoms with Gasteiger partial charge < -0.3 is 4.90 Å². The minimum Gasteiger partial charge on any atom is -0.340 e. The highest BCUT2D eigenvalue weighted by atomic mass is 32.2. The van der Waals surface area contributed by atoms with Crippen molar-refractivity contribution in [2.75, 3.05) is 37.7 Å². The van der Waals surface area contributed by atoms with E-state index < -0.39 is 0 Å². The molecule has 1 amide bonds. The highest BCUT2D eigenvalue weighted by Crippen LogP contribution is 2.24. The SMILES string of the molecule is O=C(CCc1n[nH]c2c1CCCC2)N1CCN(C2CCSCC2)CC1. The van der Waals surface area contributed by atoms with Gasteiger partial charge in [-0.3, -0.25) is 14.8 Å². The van der Waals surface area contributed by atoms with Crippen LogP contribution in [0.25, 0.3) is 0 Å². The van der Waals surface area contributed by atoms with Crippen molar-refractivity contribution in [1.29, 1.82) is 0 Å². The molecule has 0 aromatic carbocycles. The Hall–Kier alpha value is -1.01. The number of amides is 1. The smallest absolute Gasteiger partial charge is 0.223 e. The minimum absolute atomic E-state index is 0.311. The average Bonchev–Trinajstić information content (AvgIpc) is 3.10. The van der Waals surface area contributed by atoms with Crippen molar-refractivity contribution in [1.82, 2.24) is 20.0 Å². The summed E-state index contributed by atoms with van der Waals surface area (Å²) >= 11 is 2.08. The van der Waals surface area contributed by atoms with E-state index in [1.54, 1.807) is 0 Å². The number of nitrogens with zero attached hydrogens (tertiary/aromatic N) is 3. The first-order valence-electron chi connectivity index (χ1n) is 9.96. The van der Waals surface area contributed by atoms with Crippen molar-refractivity contribution in [3.8, 4) is 0 Å². The van der Waals surface area contributed by atoms with Crippen LogP contribution >= 0.6 is 11.8 Å². The van der Waals surface area contributed by atoms with Crippen molar-refractivity contribution >= 4 is 17.7 Å². The predicted molar refractivity (Wildman–Crippen MR) is 102 cm³/mol. The summed E-state index contributed by atoms with van der Waals surface area (Å²) in [5.74, 6) is 2.92. The molecule has 5 nitrogen and oxygen atoms in total. The Morgan fingerprint density at radius 2 is 1.88 bits per heavy atom. The van der Waals surface area contributed by atoms with Gasteiger partial charge >= 0.3 is 0 Å². The van der Waals surface area contributed by atoms with Gasteiger partial charge in [0.25, 0.3) is 0 Å². The lowest BCUT2D eigenvalue weighted by Crippen LogP contribution is -2.52. The van der Waals surface area contributed by atoms with Crippen LogP contribution in [0.5, 0.6) is 0 Å². The molecule has 1 aromatic rings. The van der Waals surface area contributed by atoms with Crippen LogP contribution in [0.1, 0.15) is 49.1 Å². The molecule has 2 aliphatic heterocycles. The first-order chi connectivity index (χ1) is 12.3. The normalized spacial score (nSPS) is 22.8. The highest BCUT2D eigenvalue weighted by molar-refractivity contribution is 7.99. The van der Waals surface area contributed by atoms with Crippen molar-refractivity contribution in [2.24, 2.45) is 0 Å². The van der Waals surface area contributed by atoms with E-state index in [1.165, 1.54) is 48.4 Å². The molecule has 138 valence electrons. The lowest BCUT2D eigenvalue weighted by molar-refractivity contribution is -0.133. The maximum absolute atomic E-state index is 12.6. The molecule has 0 unspecified atom stereocenters. The zero-order valence-electron chi connectivity index (χ0n) is 15.1. The molecule has 6 heteroatoms. The number of hydrogen-bond donors (Lipinski definition) is 1. The second kappa shape index (κ2) is 8.12. The predicted octanol–water partition coefficient (Wildman–Crippen LogP) is 2.26. The Kier molecular flexibility index (Phi) is 5.66. The second-order valence-electron chi connectivity index (χ2n) is 7.59. The number of thioether (sulfide) groups is 1. The molecule has 3 heterocycles.